The van der Waals surface area contributed by atoms with Gasteiger partial charge in [-0.25, -0.2) is 0 Å². The van der Waals surface area contributed by atoms with Crippen molar-refractivity contribution >= 4 is 27.5 Å². The molecule has 0 aliphatic rings. The van der Waals surface area contributed by atoms with E-state index in [9.17, 15) is 26.3 Å². The van der Waals surface area contributed by atoms with Gasteiger partial charge in [-0.1, -0.05) is 15.9 Å². The zero-order valence-electron chi connectivity index (χ0n) is 10.7. The quantitative estimate of drug-likeness (QED) is 0.462. The van der Waals surface area contributed by atoms with Crippen molar-refractivity contribution in [3.05, 3.63) is 27.7 Å². The summed E-state index contributed by atoms with van der Waals surface area (Å²) in [6, 6.07) is 2.43. The maximum atomic E-state index is 12.7. The monoisotopic (exact) mass is 398 g/mol. The highest BCUT2D eigenvalue weighted by atomic mass is 79.9. The molecular weight excluding hydrogens is 389 g/mol. The van der Waals surface area contributed by atoms with Crippen molar-refractivity contribution in [3.8, 4) is 5.75 Å². The van der Waals surface area contributed by atoms with E-state index < -0.39 is 23.6 Å². The fraction of sp³-hybridized carbons (Fsp3) is 0.500. The molecule has 21 heavy (non-hydrogen) atoms. The number of rotatable bonds is 3. The Morgan fingerprint density at radius 3 is 1.95 bits per heavy atom. The smallest absolute Gasteiger partial charge is 0.402 e. The number of hydrogen-bond acceptors (Lipinski definition) is 1. The molecule has 1 aromatic rings. The Bertz CT molecular complexity index is 500. The van der Waals surface area contributed by atoms with Crippen LogP contribution in [0.2, 0.25) is 0 Å². The van der Waals surface area contributed by atoms with Gasteiger partial charge < -0.3 is 4.74 Å². The molecule has 0 aromatic heterocycles. The zero-order valence-corrected chi connectivity index (χ0v) is 13.1. The van der Waals surface area contributed by atoms with E-state index in [1.165, 1.54) is 6.07 Å². The Morgan fingerprint density at radius 2 is 1.57 bits per heavy atom. The van der Waals surface area contributed by atoms with E-state index in [0.29, 0.717) is 10.0 Å². The van der Waals surface area contributed by atoms with Gasteiger partial charge >= 0.3 is 12.4 Å². The van der Waals surface area contributed by atoms with E-state index >= 15 is 0 Å². The predicted molar refractivity (Wildman–Crippen MR) is 69.6 cm³/mol. The maximum absolute atomic E-state index is 12.7. The van der Waals surface area contributed by atoms with Crippen molar-refractivity contribution in [3.63, 3.8) is 0 Å². The summed E-state index contributed by atoms with van der Waals surface area (Å²) in [5, 5.41) is -2.35. The Balaban J connectivity index is 3.40. The molecular formula is C12H10BrClF6O. The van der Waals surface area contributed by atoms with Crippen molar-refractivity contribution in [2.24, 2.45) is 5.92 Å². The largest absolute Gasteiger partial charge is 0.496 e. The van der Waals surface area contributed by atoms with Crippen LogP contribution in [-0.2, 0) is 0 Å². The lowest BCUT2D eigenvalue weighted by Gasteiger charge is -2.28. The van der Waals surface area contributed by atoms with Gasteiger partial charge in [0.25, 0.3) is 0 Å². The summed E-state index contributed by atoms with van der Waals surface area (Å²) in [6.45, 7) is 1.62. The average molecular weight is 400 g/mol. The lowest BCUT2D eigenvalue weighted by Crippen LogP contribution is -2.39. The topological polar surface area (TPSA) is 9.23 Å². The Labute approximate surface area is 130 Å². The van der Waals surface area contributed by atoms with Gasteiger partial charge in [-0.2, -0.15) is 26.3 Å². The van der Waals surface area contributed by atoms with Crippen LogP contribution >= 0.6 is 27.5 Å². The van der Waals surface area contributed by atoms with Crippen LogP contribution in [0.1, 0.15) is 16.5 Å². The summed E-state index contributed by atoms with van der Waals surface area (Å²) in [5.74, 6) is -3.82. The number of halogens is 8. The van der Waals surface area contributed by atoms with E-state index in [0.717, 1.165) is 13.2 Å². The summed E-state index contributed by atoms with van der Waals surface area (Å²) in [6.07, 6.45) is -11.0. The van der Waals surface area contributed by atoms with Gasteiger partial charge in [0.1, 0.15) is 5.75 Å². The molecule has 0 spiro atoms. The fourth-order valence-electron chi connectivity index (χ4n) is 1.76. The molecule has 1 rings (SSSR count). The molecule has 0 N–H and O–H groups in total. The third-order valence-corrected chi connectivity index (χ3v) is 4.15. The van der Waals surface area contributed by atoms with Crippen LogP contribution in [0.15, 0.2) is 16.6 Å². The summed E-state index contributed by atoms with van der Waals surface area (Å²) >= 11 is 8.56. The summed E-state index contributed by atoms with van der Waals surface area (Å²) in [7, 11) is 1.14. The third kappa shape index (κ3) is 4.18. The molecule has 0 saturated carbocycles. The van der Waals surface area contributed by atoms with Crippen molar-refractivity contribution in [2.75, 3.05) is 7.11 Å². The number of benzene rings is 1. The molecule has 0 aliphatic carbocycles. The van der Waals surface area contributed by atoms with Gasteiger partial charge in [0.15, 0.2) is 5.92 Å². The Hall–Kier alpha value is -0.630. The average Bonchev–Trinajstić information content (AvgIpc) is 2.28. The molecule has 120 valence electrons. The summed E-state index contributed by atoms with van der Waals surface area (Å²) in [4.78, 5) is 0. The van der Waals surface area contributed by atoms with Gasteiger partial charge in [-0.05, 0) is 24.6 Å². The van der Waals surface area contributed by atoms with Gasteiger partial charge in [0.05, 0.1) is 12.5 Å². The molecule has 0 radical (unpaired) electrons. The second-order valence-corrected chi connectivity index (χ2v) is 5.63. The number of ether oxygens (including phenoxy) is 1. The van der Waals surface area contributed by atoms with Crippen LogP contribution in [0.4, 0.5) is 26.3 Å². The van der Waals surface area contributed by atoms with E-state index in [2.05, 4.69) is 15.9 Å². The maximum Gasteiger partial charge on any atom is 0.402 e. The first-order chi connectivity index (χ1) is 9.39. The molecule has 1 nitrogen and oxygen atoms in total. The van der Waals surface area contributed by atoms with Crippen LogP contribution in [0.3, 0.4) is 0 Å². The van der Waals surface area contributed by atoms with Gasteiger partial charge in [0.2, 0.25) is 0 Å². The lowest BCUT2D eigenvalue weighted by atomic mass is 9.96. The Morgan fingerprint density at radius 1 is 1.10 bits per heavy atom. The SMILES string of the molecule is COc1cc(C)c(Br)cc1C(Cl)C(C(F)(F)F)C(F)(F)F. The minimum Gasteiger partial charge on any atom is -0.496 e. The second kappa shape index (κ2) is 6.24. The number of methoxy groups -OCH3 is 1. The van der Waals surface area contributed by atoms with Crippen molar-refractivity contribution in [1.82, 2.24) is 0 Å². The van der Waals surface area contributed by atoms with E-state index in [4.69, 9.17) is 16.3 Å². The number of aryl methyl sites for hydroxylation is 1. The molecule has 1 aromatic carbocycles. The third-order valence-electron chi connectivity index (χ3n) is 2.81. The first-order valence-corrected chi connectivity index (χ1v) is 6.74. The van der Waals surface area contributed by atoms with E-state index in [1.54, 1.807) is 6.92 Å². The highest BCUT2D eigenvalue weighted by molar-refractivity contribution is 9.10. The van der Waals surface area contributed by atoms with E-state index in [-0.39, 0.29) is 11.3 Å². The highest BCUT2D eigenvalue weighted by Crippen LogP contribution is 2.51. The van der Waals surface area contributed by atoms with Crippen molar-refractivity contribution < 1.29 is 31.1 Å². The first-order valence-electron chi connectivity index (χ1n) is 5.51. The molecule has 1 unspecified atom stereocenters. The summed E-state index contributed by atoms with van der Waals surface area (Å²) in [5.41, 5.74) is 0.214. The van der Waals surface area contributed by atoms with Crippen LogP contribution in [0.25, 0.3) is 0 Å². The van der Waals surface area contributed by atoms with Crippen LogP contribution in [-0.4, -0.2) is 19.5 Å². The number of hydrogen-bond donors (Lipinski definition) is 0. The minimum atomic E-state index is -5.52. The molecule has 0 aliphatic heterocycles. The van der Waals surface area contributed by atoms with E-state index in [1.807, 2.05) is 0 Å². The fourth-order valence-corrected chi connectivity index (χ4v) is 2.58. The lowest BCUT2D eigenvalue weighted by molar-refractivity contribution is -0.284. The standard InChI is InChI=1S/C12H10BrClF6O/c1-5-3-8(21-2)6(4-7(5)13)9(14)10(11(15,16)17)12(18,19)20/h3-4,9-10H,1-2H3. The first kappa shape index (κ1) is 18.4. The second-order valence-electron chi connectivity index (χ2n) is 4.31. The Kier molecular flexibility index (Phi) is 5.47. The highest BCUT2D eigenvalue weighted by Gasteiger charge is 2.60. The van der Waals surface area contributed by atoms with Crippen molar-refractivity contribution in [1.29, 1.82) is 0 Å². The summed E-state index contributed by atoms with van der Waals surface area (Å²) < 4.78 is 81.4. The molecule has 0 fully saturated rings. The van der Waals surface area contributed by atoms with Crippen LogP contribution in [0.5, 0.6) is 5.75 Å². The normalized spacial score (nSPS) is 14.4. The predicted octanol–water partition coefficient (Wildman–Crippen LogP) is 5.79. The molecule has 0 bridgehead atoms. The van der Waals surface area contributed by atoms with Crippen molar-refractivity contribution in [2.45, 2.75) is 24.7 Å². The van der Waals surface area contributed by atoms with Gasteiger partial charge in [0, 0.05) is 10.0 Å². The molecule has 9 heteroatoms. The minimum absolute atomic E-state index is 0.130. The zero-order chi connectivity index (χ0) is 16.6. The molecule has 0 saturated heterocycles. The number of alkyl halides is 7. The van der Waals surface area contributed by atoms with Gasteiger partial charge in [-0.3, -0.25) is 0 Å². The van der Waals surface area contributed by atoms with Crippen LogP contribution < -0.4 is 4.74 Å². The molecule has 0 amide bonds. The molecule has 1 atom stereocenters. The molecule has 0 heterocycles. The van der Waals surface area contributed by atoms with Gasteiger partial charge in [-0.15, -0.1) is 11.6 Å². The van der Waals surface area contributed by atoms with Crippen LogP contribution in [0, 0.1) is 12.8 Å².